The standard InChI is InChI=1S/C24H26N4O4S/c1-3-12-28-23(17(2)32-19-8-5-4-6-9-19)26-27-24(28)33-16-22(29)25-18-10-11-20-21(15-18)31-14-7-13-30-20/h3-6,8-11,15,17H,1,7,12-14,16H2,2H3,(H,25,29). The Morgan fingerprint density at radius 3 is 2.79 bits per heavy atom. The minimum atomic E-state index is -0.315. The molecule has 0 radical (unpaired) electrons. The number of hydrogen-bond acceptors (Lipinski definition) is 7. The van der Waals surface area contributed by atoms with Crippen LogP contribution in [0.4, 0.5) is 5.69 Å². The van der Waals surface area contributed by atoms with Crippen LogP contribution < -0.4 is 19.5 Å². The van der Waals surface area contributed by atoms with Crippen molar-refractivity contribution >= 4 is 23.4 Å². The maximum Gasteiger partial charge on any atom is 0.234 e. The van der Waals surface area contributed by atoms with Gasteiger partial charge >= 0.3 is 0 Å². The van der Waals surface area contributed by atoms with Crippen LogP contribution in [0.5, 0.6) is 17.2 Å². The van der Waals surface area contributed by atoms with Crippen LogP contribution in [-0.4, -0.2) is 39.6 Å². The van der Waals surface area contributed by atoms with Crippen molar-refractivity contribution in [2.75, 3.05) is 24.3 Å². The van der Waals surface area contributed by atoms with E-state index in [4.69, 9.17) is 14.2 Å². The monoisotopic (exact) mass is 466 g/mol. The summed E-state index contributed by atoms with van der Waals surface area (Å²) < 4.78 is 19.2. The fraction of sp³-hybridized carbons (Fsp3) is 0.292. The van der Waals surface area contributed by atoms with Crippen molar-refractivity contribution in [1.29, 1.82) is 0 Å². The summed E-state index contributed by atoms with van der Waals surface area (Å²) in [6, 6.07) is 14.9. The Hall–Kier alpha value is -3.46. The molecule has 1 atom stereocenters. The number of carbonyl (C=O) groups excluding carboxylic acids is 1. The van der Waals surface area contributed by atoms with Crippen molar-refractivity contribution < 1.29 is 19.0 Å². The molecule has 1 aromatic heterocycles. The summed E-state index contributed by atoms with van der Waals surface area (Å²) in [4.78, 5) is 12.6. The molecule has 4 rings (SSSR count). The van der Waals surface area contributed by atoms with E-state index in [1.807, 2.05) is 47.9 Å². The van der Waals surface area contributed by atoms with Gasteiger partial charge in [0.05, 0.1) is 19.0 Å². The number of fused-ring (bicyclic) bond motifs is 1. The van der Waals surface area contributed by atoms with Gasteiger partial charge in [0.1, 0.15) is 5.75 Å². The Balaban J connectivity index is 1.39. The molecule has 1 amide bonds. The molecule has 0 spiro atoms. The third kappa shape index (κ3) is 5.87. The number of nitrogens with zero attached hydrogens (tertiary/aromatic N) is 3. The molecule has 0 aliphatic carbocycles. The molecule has 0 fully saturated rings. The molecule has 3 aromatic rings. The molecule has 1 aliphatic rings. The first-order valence-corrected chi connectivity index (χ1v) is 11.7. The fourth-order valence-corrected chi connectivity index (χ4v) is 4.09. The van der Waals surface area contributed by atoms with Gasteiger partial charge in [-0.3, -0.25) is 9.36 Å². The van der Waals surface area contributed by atoms with Gasteiger partial charge in [0.15, 0.2) is 28.6 Å². The summed E-state index contributed by atoms with van der Waals surface area (Å²) in [5.41, 5.74) is 0.656. The van der Waals surface area contributed by atoms with Crippen LogP contribution >= 0.6 is 11.8 Å². The van der Waals surface area contributed by atoms with Crippen molar-refractivity contribution in [2.45, 2.75) is 31.1 Å². The number of amides is 1. The van der Waals surface area contributed by atoms with Gasteiger partial charge in [-0.2, -0.15) is 0 Å². The van der Waals surface area contributed by atoms with Crippen LogP contribution in [-0.2, 0) is 11.3 Å². The zero-order chi connectivity index (χ0) is 23.0. The number of allylic oxidation sites excluding steroid dienone is 1. The van der Waals surface area contributed by atoms with E-state index in [0.717, 1.165) is 12.2 Å². The van der Waals surface area contributed by atoms with Gasteiger partial charge in [-0.05, 0) is 31.2 Å². The third-order valence-electron chi connectivity index (χ3n) is 4.84. The lowest BCUT2D eigenvalue weighted by Crippen LogP contribution is -2.15. The number of hydrogen-bond donors (Lipinski definition) is 1. The Labute approximate surface area is 197 Å². The SMILES string of the molecule is C=CCn1c(SCC(=O)Nc2ccc3c(c2)OCCCO3)nnc1C(C)Oc1ccccc1. The number of rotatable bonds is 9. The molecule has 1 N–H and O–H groups in total. The highest BCUT2D eigenvalue weighted by atomic mass is 32.2. The summed E-state index contributed by atoms with van der Waals surface area (Å²) in [5, 5.41) is 12.1. The first-order valence-electron chi connectivity index (χ1n) is 10.7. The number of nitrogens with one attached hydrogen (secondary N) is 1. The molecule has 0 bridgehead atoms. The summed E-state index contributed by atoms with van der Waals surface area (Å²) in [6.45, 7) is 7.47. The van der Waals surface area contributed by atoms with Crippen LogP contribution in [0.1, 0.15) is 25.3 Å². The van der Waals surface area contributed by atoms with Crippen molar-refractivity contribution in [2.24, 2.45) is 0 Å². The van der Waals surface area contributed by atoms with Gasteiger partial charge in [0, 0.05) is 24.7 Å². The van der Waals surface area contributed by atoms with E-state index in [1.165, 1.54) is 11.8 Å². The average Bonchev–Trinajstić information content (AvgIpc) is 3.07. The molecule has 0 saturated heterocycles. The number of anilines is 1. The molecule has 2 aromatic carbocycles. The second-order valence-corrected chi connectivity index (χ2v) is 8.30. The number of ether oxygens (including phenoxy) is 3. The molecule has 1 unspecified atom stereocenters. The number of para-hydroxylation sites is 1. The minimum Gasteiger partial charge on any atom is -0.490 e. The molecule has 2 heterocycles. The number of aromatic nitrogens is 3. The van der Waals surface area contributed by atoms with Gasteiger partial charge < -0.3 is 19.5 Å². The highest BCUT2D eigenvalue weighted by molar-refractivity contribution is 7.99. The van der Waals surface area contributed by atoms with Gasteiger partial charge in [-0.1, -0.05) is 36.0 Å². The molecule has 33 heavy (non-hydrogen) atoms. The van der Waals surface area contributed by atoms with Crippen LogP contribution in [0.3, 0.4) is 0 Å². The summed E-state index contributed by atoms with van der Waals surface area (Å²) in [7, 11) is 0. The van der Waals surface area contributed by atoms with E-state index in [-0.39, 0.29) is 17.8 Å². The summed E-state index contributed by atoms with van der Waals surface area (Å²) >= 11 is 1.31. The van der Waals surface area contributed by atoms with Crippen LogP contribution in [0.25, 0.3) is 0 Å². The van der Waals surface area contributed by atoms with E-state index >= 15 is 0 Å². The second kappa shape index (κ2) is 10.9. The number of thioether (sulfide) groups is 1. The molecule has 8 nitrogen and oxygen atoms in total. The first-order chi connectivity index (χ1) is 16.1. The smallest absolute Gasteiger partial charge is 0.234 e. The Kier molecular flexibility index (Phi) is 7.51. The van der Waals surface area contributed by atoms with E-state index in [0.29, 0.717) is 47.9 Å². The van der Waals surface area contributed by atoms with E-state index < -0.39 is 0 Å². The van der Waals surface area contributed by atoms with Crippen molar-refractivity contribution in [3.63, 3.8) is 0 Å². The van der Waals surface area contributed by atoms with E-state index in [2.05, 4.69) is 22.1 Å². The van der Waals surface area contributed by atoms with Crippen LogP contribution in [0.2, 0.25) is 0 Å². The highest BCUT2D eigenvalue weighted by Gasteiger charge is 2.20. The molecule has 1 aliphatic heterocycles. The largest absolute Gasteiger partial charge is 0.490 e. The molecule has 0 saturated carbocycles. The zero-order valence-electron chi connectivity index (χ0n) is 18.4. The predicted molar refractivity (Wildman–Crippen MR) is 127 cm³/mol. The molecular formula is C24H26N4O4S. The van der Waals surface area contributed by atoms with Gasteiger partial charge in [0.2, 0.25) is 5.91 Å². The summed E-state index contributed by atoms with van der Waals surface area (Å²) in [5.74, 6) is 2.78. The zero-order valence-corrected chi connectivity index (χ0v) is 19.2. The first kappa shape index (κ1) is 22.7. The second-order valence-electron chi connectivity index (χ2n) is 7.36. The average molecular weight is 467 g/mol. The van der Waals surface area contributed by atoms with Crippen molar-refractivity contribution in [3.8, 4) is 17.2 Å². The third-order valence-corrected chi connectivity index (χ3v) is 5.81. The quantitative estimate of drug-likeness (QED) is 0.367. The lowest BCUT2D eigenvalue weighted by atomic mass is 10.2. The maximum absolute atomic E-state index is 12.6. The Morgan fingerprint density at radius 1 is 1.21 bits per heavy atom. The van der Waals surface area contributed by atoms with Crippen LogP contribution in [0.15, 0.2) is 66.3 Å². The van der Waals surface area contributed by atoms with E-state index in [9.17, 15) is 4.79 Å². The maximum atomic E-state index is 12.6. The van der Waals surface area contributed by atoms with Crippen LogP contribution in [0, 0.1) is 0 Å². The van der Waals surface area contributed by atoms with Crippen molar-refractivity contribution in [1.82, 2.24) is 14.8 Å². The topological polar surface area (TPSA) is 87.5 Å². The number of carbonyl (C=O) groups is 1. The normalized spacial score (nSPS) is 13.6. The highest BCUT2D eigenvalue weighted by Crippen LogP contribution is 2.32. The Morgan fingerprint density at radius 2 is 2.00 bits per heavy atom. The molecular weight excluding hydrogens is 440 g/mol. The lowest BCUT2D eigenvalue weighted by molar-refractivity contribution is -0.113. The minimum absolute atomic E-state index is 0.155. The van der Waals surface area contributed by atoms with E-state index in [1.54, 1.807) is 18.2 Å². The van der Waals surface area contributed by atoms with Gasteiger partial charge in [0.25, 0.3) is 0 Å². The summed E-state index contributed by atoms with van der Waals surface area (Å²) in [6.07, 6.45) is 2.28. The molecule has 9 heteroatoms. The molecule has 172 valence electrons. The lowest BCUT2D eigenvalue weighted by Gasteiger charge is -2.15. The van der Waals surface area contributed by atoms with Gasteiger partial charge in [-0.25, -0.2) is 0 Å². The van der Waals surface area contributed by atoms with Crippen molar-refractivity contribution in [3.05, 3.63) is 67.0 Å². The Bertz CT molecular complexity index is 1100. The van der Waals surface area contributed by atoms with Gasteiger partial charge in [-0.15, -0.1) is 16.8 Å². The predicted octanol–water partition coefficient (Wildman–Crippen LogP) is 4.50. The number of benzene rings is 2. The fourth-order valence-electron chi connectivity index (χ4n) is 3.33.